The predicted octanol–water partition coefficient (Wildman–Crippen LogP) is 4.03. The van der Waals surface area contributed by atoms with E-state index in [0.717, 1.165) is 29.6 Å². The second-order valence-electron chi connectivity index (χ2n) is 10.5. The Balaban J connectivity index is 1.47. The fourth-order valence-corrected chi connectivity index (χ4v) is 4.35. The Bertz CT molecular complexity index is 1620. The van der Waals surface area contributed by atoms with E-state index in [2.05, 4.69) is 20.3 Å². The molecule has 0 radical (unpaired) electrons. The highest BCUT2D eigenvalue weighted by molar-refractivity contribution is 6.09. The lowest BCUT2D eigenvalue weighted by Gasteiger charge is -2.19. The molecule has 13 heteroatoms. The van der Waals surface area contributed by atoms with Gasteiger partial charge in [-0.25, -0.2) is 19.7 Å². The number of aromatic amines is 1. The largest absolute Gasteiger partial charge is 0.508 e. The summed E-state index contributed by atoms with van der Waals surface area (Å²) < 4.78 is 10.1. The van der Waals surface area contributed by atoms with Crippen LogP contribution in [0.1, 0.15) is 69.3 Å². The lowest BCUT2D eigenvalue weighted by Crippen LogP contribution is -2.38. The first-order chi connectivity index (χ1) is 21.6. The fourth-order valence-electron chi connectivity index (χ4n) is 4.35. The Morgan fingerprint density at radius 1 is 1.11 bits per heavy atom. The molecule has 0 aliphatic heterocycles. The molecule has 3 amide bonds. The molecular weight excluding hydrogens is 580 g/mol. The number of amidine groups is 1. The normalized spacial score (nSPS) is 13.0. The summed E-state index contributed by atoms with van der Waals surface area (Å²) >= 11 is 0. The van der Waals surface area contributed by atoms with E-state index in [0.29, 0.717) is 34.5 Å². The maximum Gasteiger partial charge on any atom is 0.419 e. The average molecular weight is 617 g/mol. The molecule has 0 atom stereocenters. The molecule has 4 rings (SSSR count). The van der Waals surface area contributed by atoms with Crippen LogP contribution in [0.3, 0.4) is 0 Å². The Labute approximate surface area is 260 Å². The van der Waals surface area contributed by atoms with Crippen LogP contribution in [-0.4, -0.2) is 70.4 Å². The topological polar surface area (TPSA) is 189 Å². The highest BCUT2D eigenvalue weighted by atomic mass is 16.7. The Hall–Kier alpha value is -5.46. The zero-order valence-electron chi connectivity index (χ0n) is 25.3. The van der Waals surface area contributed by atoms with Crippen LogP contribution in [0.4, 0.5) is 10.5 Å². The molecule has 0 unspecified atom stereocenters. The molecule has 1 aliphatic rings. The van der Waals surface area contributed by atoms with Gasteiger partial charge < -0.3 is 30.6 Å². The fraction of sp³-hybridized carbons (Fsp3) is 0.312. The van der Waals surface area contributed by atoms with E-state index in [1.165, 1.54) is 18.3 Å². The molecule has 1 heterocycles. The van der Waals surface area contributed by atoms with Crippen LogP contribution in [0.25, 0.3) is 0 Å². The van der Waals surface area contributed by atoms with Gasteiger partial charge in [0.1, 0.15) is 5.75 Å². The summed E-state index contributed by atoms with van der Waals surface area (Å²) in [6.07, 6.45) is 3.83. The molecule has 1 aliphatic carbocycles. The first-order valence-corrected chi connectivity index (χ1v) is 14.5. The third-order valence-electron chi connectivity index (χ3n) is 7.00. The number of carbonyl (C=O) groups is 4. The molecule has 0 saturated heterocycles. The van der Waals surface area contributed by atoms with Crippen molar-refractivity contribution in [1.82, 2.24) is 15.2 Å². The quantitative estimate of drug-likeness (QED) is 0.107. The number of imide groups is 1. The standard InChI is InChI=1S/C32H36N6O7/c1-4-13-38(32(43)45-18-44-27(40)14-21-6-11-24(39)12-7-21)31(42)25-16-34-28(20(25)3)29(35-17-33)37-26-15-22(8-5-19(26)2)30(41)36-23-9-10-23/h5-8,11-12,15-17,23,34,39H,4,9-10,13-14,18H2,1-3H3,(H,36,41)(H2,33,35,37). The number of amides is 3. The van der Waals surface area contributed by atoms with Gasteiger partial charge in [-0.3, -0.25) is 14.4 Å². The van der Waals surface area contributed by atoms with Gasteiger partial charge in [-0.05, 0) is 74.1 Å². The number of esters is 1. The lowest BCUT2D eigenvalue weighted by atomic mass is 10.1. The van der Waals surface area contributed by atoms with E-state index < -0.39 is 24.8 Å². The van der Waals surface area contributed by atoms with Crippen molar-refractivity contribution in [2.75, 3.05) is 13.3 Å². The van der Waals surface area contributed by atoms with E-state index >= 15 is 0 Å². The number of benzene rings is 2. The van der Waals surface area contributed by atoms with Crippen LogP contribution in [0.2, 0.25) is 0 Å². The zero-order valence-corrected chi connectivity index (χ0v) is 25.3. The maximum absolute atomic E-state index is 13.5. The number of carbonyl (C=O) groups excluding carboxylic acids is 4. The summed E-state index contributed by atoms with van der Waals surface area (Å²) in [5.41, 5.74) is 9.01. The van der Waals surface area contributed by atoms with E-state index in [-0.39, 0.29) is 42.1 Å². The number of phenolic OH excluding ortho intramolecular Hbond substituents is 1. The highest BCUT2D eigenvalue weighted by Gasteiger charge is 2.28. The molecular formula is C32H36N6O7. The predicted molar refractivity (Wildman–Crippen MR) is 167 cm³/mol. The summed E-state index contributed by atoms with van der Waals surface area (Å²) in [6.45, 7) is 4.69. The van der Waals surface area contributed by atoms with Crippen LogP contribution in [0, 0.1) is 13.8 Å². The van der Waals surface area contributed by atoms with Gasteiger partial charge in [0, 0.05) is 24.3 Å². The van der Waals surface area contributed by atoms with Crippen LogP contribution in [0.5, 0.6) is 5.75 Å². The second kappa shape index (κ2) is 14.8. The third-order valence-corrected chi connectivity index (χ3v) is 7.00. The Morgan fingerprint density at radius 2 is 1.84 bits per heavy atom. The third kappa shape index (κ3) is 8.56. The number of hydrogen-bond donors (Lipinski definition) is 4. The van der Waals surface area contributed by atoms with Crippen molar-refractivity contribution in [3.8, 4) is 5.75 Å². The van der Waals surface area contributed by atoms with E-state index in [1.807, 2.05) is 6.92 Å². The first-order valence-electron chi connectivity index (χ1n) is 14.5. The van der Waals surface area contributed by atoms with Gasteiger partial charge in [-0.2, -0.15) is 0 Å². The van der Waals surface area contributed by atoms with Crippen LogP contribution in [-0.2, 0) is 20.7 Å². The molecule has 1 saturated carbocycles. The Kier molecular flexibility index (Phi) is 10.7. The van der Waals surface area contributed by atoms with Crippen LogP contribution in [0.15, 0.2) is 58.6 Å². The Morgan fingerprint density at radius 3 is 2.51 bits per heavy atom. The molecule has 0 spiro atoms. The first kappa shape index (κ1) is 32.5. The number of aryl methyl sites for hydroxylation is 1. The number of aromatic nitrogens is 1. The minimum absolute atomic E-state index is 0.0515. The maximum atomic E-state index is 13.5. The summed E-state index contributed by atoms with van der Waals surface area (Å²) in [5.74, 6) is -1.23. The van der Waals surface area contributed by atoms with Crippen molar-refractivity contribution in [3.63, 3.8) is 0 Å². The highest BCUT2D eigenvalue weighted by Crippen LogP contribution is 2.25. The summed E-state index contributed by atoms with van der Waals surface area (Å²) in [6, 6.07) is 11.4. The molecule has 45 heavy (non-hydrogen) atoms. The lowest BCUT2D eigenvalue weighted by molar-refractivity contribution is -0.151. The van der Waals surface area contributed by atoms with Gasteiger partial charge in [-0.15, -0.1) is 0 Å². The SMILES string of the molecule is CCCN(C(=O)OCOC(=O)Cc1ccc(O)cc1)C(=O)c1c[nH]c(C(N=CN)=Nc2cc(C(=O)NC3CC3)ccc2C)c1C. The molecule has 3 aromatic rings. The average Bonchev–Trinajstić information content (AvgIpc) is 3.75. The van der Waals surface area contributed by atoms with Gasteiger partial charge in [0.05, 0.1) is 29.7 Å². The number of ether oxygens (including phenoxy) is 2. The second-order valence-corrected chi connectivity index (χ2v) is 10.5. The van der Waals surface area contributed by atoms with Crippen molar-refractivity contribution in [1.29, 1.82) is 0 Å². The smallest absolute Gasteiger partial charge is 0.419 e. The number of nitrogens with one attached hydrogen (secondary N) is 2. The number of hydrogen-bond acceptors (Lipinski definition) is 8. The van der Waals surface area contributed by atoms with Gasteiger partial charge >= 0.3 is 12.1 Å². The molecule has 13 nitrogen and oxygen atoms in total. The number of nitrogens with two attached hydrogens (primary N) is 1. The number of aromatic hydroxyl groups is 1. The van der Waals surface area contributed by atoms with Gasteiger partial charge in [0.25, 0.3) is 11.8 Å². The van der Waals surface area contributed by atoms with Crippen LogP contribution < -0.4 is 11.1 Å². The van der Waals surface area contributed by atoms with E-state index in [1.54, 1.807) is 44.2 Å². The number of aliphatic imine (C=N–C) groups is 2. The number of rotatable bonds is 11. The van der Waals surface area contributed by atoms with E-state index in [4.69, 9.17) is 15.2 Å². The molecule has 2 aromatic carbocycles. The summed E-state index contributed by atoms with van der Waals surface area (Å²) in [5, 5.41) is 12.3. The van der Waals surface area contributed by atoms with Crippen molar-refractivity contribution in [3.05, 3.63) is 82.2 Å². The molecule has 1 aromatic heterocycles. The van der Waals surface area contributed by atoms with Crippen LogP contribution >= 0.6 is 0 Å². The van der Waals surface area contributed by atoms with Gasteiger partial charge in [-0.1, -0.05) is 25.1 Å². The molecule has 1 fully saturated rings. The molecule has 0 bridgehead atoms. The number of phenols is 1. The number of H-pyrrole nitrogens is 1. The van der Waals surface area contributed by atoms with Gasteiger partial charge in [0.15, 0.2) is 5.84 Å². The monoisotopic (exact) mass is 616 g/mol. The summed E-state index contributed by atoms with van der Waals surface area (Å²) in [7, 11) is 0. The minimum atomic E-state index is -0.979. The van der Waals surface area contributed by atoms with Crippen molar-refractivity contribution >= 4 is 41.7 Å². The minimum Gasteiger partial charge on any atom is -0.508 e. The molecule has 5 N–H and O–H groups in total. The number of nitrogens with zero attached hydrogens (tertiary/aromatic N) is 3. The molecule has 236 valence electrons. The van der Waals surface area contributed by atoms with Crippen molar-refractivity contribution in [2.24, 2.45) is 15.7 Å². The summed E-state index contributed by atoms with van der Waals surface area (Å²) in [4.78, 5) is 63.9. The van der Waals surface area contributed by atoms with Gasteiger partial charge in [0.2, 0.25) is 6.79 Å². The zero-order chi connectivity index (χ0) is 32.5. The van der Waals surface area contributed by atoms with Crippen molar-refractivity contribution < 1.29 is 33.8 Å². The van der Waals surface area contributed by atoms with Crippen molar-refractivity contribution in [2.45, 2.75) is 52.5 Å². The van der Waals surface area contributed by atoms with E-state index in [9.17, 15) is 24.3 Å².